The van der Waals surface area contributed by atoms with Crippen LogP contribution in [0.2, 0.25) is 0 Å². The van der Waals surface area contributed by atoms with E-state index in [1.54, 1.807) is 37.5 Å². The fourth-order valence-corrected chi connectivity index (χ4v) is 3.26. The average molecular weight is 337 g/mol. The lowest BCUT2D eigenvalue weighted by Gasteiger charge is -2.26. The van der Waals surface area contributed by atoms with E-state index in [1.165, 1.54) is 0 Å². The topological polar surface area (TPSA) is 98.2 Å². The highest BCUT2D eigenvalue weighted by atomic mass is 32.2. The van der Waals surface area contributed by atoms with Crippen LogP contribution in [-0.4, -0.2) is 25.5 Å². The molecule has 0 fully saturated rings. The normalized spacial score (nSPS) is 12.5. The predicted molar refractivity (Wildman–Crippen MR) is 89.4 cm³/mol. The summed E-state index contributed by atoms with van der Waals surface area (Å²) in [6, 6.07) is 6.53. The molecule has 0 aliphatic heterocycles. The van der Waals surface area contributed by atoms with E-state index in [2.05, 4.69) is 9.71 Å². The molecule has 23 heavy (non-hydrogen) atoms. The van der Waals surface area contributed by atoms with Crippen molar-refractivity contribution >= 4 is 10.0 Å². The molecular formula is C16H23N3O3S. The van der Waals surface area contributed by atoms with Crippen LogP contribution in [0.5, 0.6) is 0 Å². The third-order valence-electron chi connectivity index (χ3n) is 4.10. The van der Waals surface area contributed by atoms with E-state index in [-0.39, 0.29) is 11.4 Å². The van der Waals surface area contributed by atoms with Gasteiger partial charge in [-0.05, 0) is 25.0 Å². The molecule has 7 heteroatoms. The number of oxazole rings is 1. The first-order valence-electron chi connectivity index (χ1n) is 7.61. The number of aryl methyl sites for hydroxylation is 1. The van der Waals surface area contributed by atoms with Crippen molar-refractivity contribution in [2.45, 2.75) is 44.0 Å². The summed E-state index contributed by atoms with van der Waals surface area (Å²) in [5, 5.41) is 0. The van der Waals surface area contributed by atoms with Crippen molar-refractivity contribution in [1.82, 2.24) is 9.71 Å². The molecule has 1 aromatic carbocycles. The fourth-order valence-electron chi connectivity index (χ4n) is 2.12. The molecule has 2 rings (SSSR count). The third-order valence-corrected chi connectivity index (χ3v) is 5.52. The Bertz CT molecular complexity index is 747. The van der Waals surface area contributed by atoms with Crippen LogP contribution in [0.25, 0.3) is 11.3 Å². The maximum Gasteiger partial charge on any atom is 0.240 e. The third kappa shape index (κ3) is 4.19. The molecule has 0 unspecified atom stereocenters. The zero-order valence-electron chi connectivity index (χ0n) is 13.7. The Balaban J connectivity index is 2.14. The Morgan fingerprint density at radius 2 is 1.83 bits per heavy atom. The molecule has 0 radical (unpaired) electrons. The lowest BCUT2D eigenvalue weighted by Crippen LogP contribution is -2.49. The first kappa shape index (κ1) is 17.7. The van der Waals surface area contributed by atoms with Crippen molar-refractivity contribution < 1.29 is 12.8 Å². The maximum atomic E-state index is 12.4. The zero-order valence-corrected chi connectivity index (χ0v) is 14.5. The van der Waals surface area contributed by atoms with Gasteiger partial charge in [0.1, 0.15) is 12.0 Å². The van der Waals surface area contributed by atoms with Crippen LogP contribution < -0.4 is 10.5 Å². The quantitative estimate of drug-likeness (QED) is 0.808. The van der Waals surface area contributed by atoms with E-state index in [0.29, 0.717) is 24.4 Å². The van der Waals surface area contributed by atoms with Gasteiger partial charge in [-0.2, -0.15) is 0 Å². The molecule has 0 aliphatic carbocycles. The Labute approximate surface area is 137 Å². The largest absolute Gasteiger partial charge is 0.449 e. The van der Waals surface area contributed by atoms with Gasteiger partial charge in [0, 0.05) is 24.6 Å². The molecule has 2 aromatic rings. The first-order valence-corrected chi connectivity index (χ1v) is 9.09. The number of benzene rings is 1. The number of nitrogens with zero attached hydrogens (tertiary/aromatic N) is 1. The van der Waals surface area contributed by atoms with Crippen LogP contribution in [0.3, 0.4) is 0 Å². The van der Waals surface area contributed by atoms with Crippen LogP contribution in [0.15, 0.2) is 39.8 Å². The molecule has 1 aromatic heterocycles. The van der Waals surface area contributed by atoms with Crippen LogP contribution in [0.4, 0.5) is 0 Å². The van der Waals surface area contributed by atoms with Gasteiger partial charge >= 0.3 is 0 Å². The SMILES string of the molecule is CCC(N)(CC)CNS(=O)(=O)c1ccc(-c2coc(C)n2)cc1. The second kappa shape index (κ2) is 6.82. The molecule has 0 saturated carbocycles. The van der Waals surface area contributed by atoms with Gasteiger partial charge in [0.25, 0.3) is 0 Å². The Kier molecular flexibility index (Phi) is 5.23. The summed E-state index contributed by atoms with van der Waals surface area (Å²) in [6.45, 7) is 5.87. The fraction of sp³-hybridized carbons (Fsp3) is 0.438. The van der Waals surface area contributed by atoms with Crippen molar-refractivity contribution in [2.75, 3.05) is 6.54 Å². The minimum atomic E-state index is -3.58. The summed E-state index contributed by atoms with van der Waals surface area (Å²) >= 11 is 0. The van der Waals surface area contributed by atoms with E-state index in [4.69, 9.17) is 10.2 Å². The summed E-state index contributed by atoms with van der Waals surface area (Å²) < 4.78 is 32.5. The van der Waals surface area contributed by atoms with Crippen molar-refractivity contribution in [3.63, 3.8) is 0 Å². The van der Waals surface area contributed by atoms with Gasteiger partial charge in [-0.25, -0.2) is 18.1 Å². The van der Waals surface area contributed by atoms with Crippen molar-refractivity contribution in [1.29, 1.82) is 0 Å². The molecule has 3 N–H and O–H groups in total. The Morgan fingerprint density at radius 3 is 2.30 bits per heavy atom. The van der Waals surface area contributed by atoms with Gasteiger partial charge in [-0.15, -0.1) is 0 Å². The van der Waals surface area contributed by atoms with Crippen LogP contribution in [0, 0.1) is 6.92 Å². The summed E-state index contributed by atoms with van der Waals surface area (Å²) in [4.78, 5) is 4.42. The van der Waals surface area contributed by atoms with Crippen LogP contribution in [-0.2, 0) is 10.0 Å². The second-order valence-corrected chi connectivity index (χ2v) is 7.44. The number of hydrogen-bond acceptors (Lipinski definition) is 5. The second-order valence-electron chi connectivity index (χ2n) is 5.67. The van der Waals surface area contributed by atoms with Crippen molar-refractivity contribution in [3.8, 4) is 11.3 Å². The van der Waals surface area contributed by atoms with Gasteiger partial charge in [0.15, 0.2) is 5.89 Å². The van der Waals surface area contributed by atoms with E-state index < -0.39 is 15.6 Å². The Hall–Kier alpha value is -1.70. The van der Waals surface area contributed by atoms with Gasteiger partial charge in [-0.3, -0.25) is 0 Å². The van der Waals surface area contributed by atoms with E-state index >= 15 is 0 Å². The minimum Gasteiger partial charge on any atom is -0.449 e. The van der Waals surface area contributed by atoms with Crippen LogP contribution in [0.1, 0.15) is 32.6 Å². The summed E-state index contributed by atoms with van der Waals surface area (Å²) in [5.41, 5.74) is 7.10. The van der Waals surface area contributed by atoms with Gasteiger partial charge in [-0.1, -0.05) is 26.0 Å². The summed E-state index contributed by atoms with van der Waals surface area (Å²) in [5.74, 6) is 0.566. The smallest absolute Gasteiger partial charge is 0.240 e. The molecule has 0 aliphatic rings. The first-order chi connectivity index (χ1) is 10.8. The Morgan fingerprint density at radius 1 is 1.22 bits per heavy atom. The highest BCUT2D eigenvalue weighted by molar-refractivity contribution is 7.89. The molecule has 0 saturated heterocycles. The molecule has 126 valence electrons. The molecule has 0 amide bonds. The monoisotopic (exact) mass is 337 g/mol. The van der Waals surface area contributed by atoms with Crippen molar-refractivity contribution in [2.24, 2.45) is 5.73 Å². The minimum absolute atomic E-state index is 0.205. The number of sulfonamides is 1. The molecule has 1 heterocycles. The van der Waals surface area contributed by atoms with E-state index in [0.717, 1.165) is 5.56 Å². The summed E-state index contributed by atoms with van der Waals surface area (Å²) in [6.07, 6.45) is 2.95. The molecule has 0 spiro atoms. The number of nitrogens with two attached hydrogens (primary N) is 1. The highest BCUT2D eigenvalue weighted by Gasteiger charge is 2.24. The standard InChI is InChI=1S/C16H23N3O3S/c1-4-16(17,5-2)11-18-23(20,21)14-8-6-13(7-9-14)15-10-22-12(3)19-15/h6-10,18H,4-5,11,17H2,1-3H3. The van der Waals surface area contributed by atoms with Crippen molar-refractivity contribution in [3.05, 3.63) is 36.4 Å². The van der Waals surface area contributed by atoms with Gasteiger partial charge in [0.05, 0.1) is 4.90 Å². The molecular weight excluding hydrogens is 314 g/mol. The lowest BCUT2D eigenvalue weighted by atomic mass is 9.95. The lowest BCUT2D eigenvalue weighted by molar-refractivity contribution is 0.392. The number of hydrogen-bond donors (Lipinski definition) is 2. The zero-order chi connectivity index (χ0) is 17.1. The number of aromatic nitrogens is 1. The summed E-state index contributed by atoms with van der Waals surface area (Å²) in [7, 11) is -3.58. The predicted octanol–water partition coefficient (Wildman–Crippen LogP) is 2.45. The van der Waals surface area contributed by atoms with Crippen LogP contribution >= 0.6 is 0 Å². The van der Waals surface area contributed by atoms with E-state index in [9.17, 15) is 8.42 Å². The molecule has 0 atom stereocenters. The average Bonchev–Trinajstić information content (AvgIpc) is 2.99. The van der Waals surface area contributed by atoms with Gasteiger partial charge in [0.2, 0.25) is 10.0 Å². The van der Waals surface area contributed by atoms with Gasteiger partial charge < -0.3 is 10.2 Å². The number of rotatable bonds is 7. The maximum absolute atomic E-state index is 12.4. The number of nitrogens with one attached hydrogen (secondary N) is 1. The molecule has 6 nitrogen and oxygen atoms in total. The molecule has 0 bridgehead atoms. The highest BCUT2D eigenvalue weighted by Crippen LogP contribution is 2.21. The van der Waals surface area contributed by atoms with E-state index in [1.807, 2.05) is 13.8 Å².